The summed E-state index contributed by atoms with van der Waals surface area (Å²) in [5, 5.41) is 11.4. The second-order valence-electron chi connectivity index (χ2n) is 14.9. The highest BCUT2D eigenvalue weighted by Gasteiger charge is 2.17. The molecule has 0 radical (unpaired) electrons. The Hall–Kier alpha value is -7.69. The molecule has 57 heavy (non-hydrogen) atoms. The molecule has 0 aliphatic rings. The summed E-state index contributed by atoms with van der Waals surface area (Å²) in [6.45, 7) is 0. The Morgan fingerprint density at radius 2 is 0.789 bits per heavy atom. The van der Waals surface area contributed by atoms with Crippen LogP contribution in [-0.2, 0) is 0 Å². The van der Waals surface area contributed by atoms with E-state index in [2.05, 4.69) is 168 Å². The van der Waals surface area contributed by atoms with Gasteiger partial charge in [-0.25, -0.2) is 0 Å². The Balaban J connectivity index is 0.965. The number of anilines is 3. The van der Waals surface area contributed by atoms with Crippen LogP contribution < -0.4 is 4.90 Å². The molecule has 0 amide bonds. The molecule has 0 unspecified atom stereocenters. The van der Waals surface area contributed by atoms with E-state index in [0.29, 0.717) is 0 Å². The van der Waals surface area contributed by atoms with Gasteiger partial charge in [-0.05, 0) is 134 Å². The summed E-state index contributed by atoms with van der Waals surface area (Å²) < 4.78 is 12.5. The minimum absolute atomic E-state index is 0.902. The number of para-hydroxylation sites is 2. The predicted molar refractivity (Wildman–Crippen MR) is 237 cm³/mol. The van der Waals surface area contributed by atoms with Crippen LogP contribution in [0.3, 0.4) is 0 Å². The molecule has 0 aliphatic heterocycles. The van der Waals surface area contributed by atoms with Crippen LogP contribution in [0.4, 0.5) is 17.1 Å². The van der Waals surface area contributed by atoms with E-state index in [0.717, 1.165) is 93.4 Å². The summed E-state index contributed by atoms with van der Waals surface area (Å²) >= 11 is 0. The van der Waals surface area contributed by atoms with E-state index in [1.165, 1.54) is 22.1 Å². The number of hydrogen-bond donors (Lipinski definition) is 0. The zero-order valence-corrected chi connectivity index (χ0v) is 30.7. The molecule has 12 rings (SSSR count). The number of rotatable bonds is 5. The molecule has 0 fully saturated rings. The molecule has 3 aromatic heterocycles. The van der Waals surface area contributed by atoms with Gasteiger partial charge in [0.05, 0.1) is 0 Å². The van der Waals surface area contributed by atoms with Crippen LogP contribution in [-0.4, -0.2) is 4.98 Å². The lowest BCUT2D eigenvalue weighted by Gasteiger charge is -2.26. The SMILES string of the molecule is c1ccc2c(c1)oc1cc3ccc(N(c4ccc(-c5ccc(-c6ccc7cnccc7c6)cc5)cc4)c4ccc5cc6oc7ccccc7c6cc5c4)cc3cc12. The quantitative estimate of drug-likeness (QED) is 0.177. The van der Waals surface area contributed by atoms with E-state index in [9.17, 15) is 0 Å². The zero-order chi connectivity index (χ0) is 37.5. The van der Waals surface area contributed by atoms with Crippen molar-refractivity contribution < 1.29 is 8.83 Å². The highest BCUT2D eigenvalue weighted by molar-refractivity contribution is 6.12. The summed E-state index contributed by atoms with van der Waals surface area (Å²) in [6, 6.07) is 65.2. The average molecular weight is 729 g/mol. The average Bonchev–Trinajstić information content (AvgIpc) is 3.82. The number of benzene rings is 9. The van der Waals surface area contributed by atoms with E-state index >= 15 is 0 Å². The Morgan fingerprint density at radius 1 is 0.316 bits per heavy atom. The van der Waals surface area contributed by atoms with E-state index < -0.39 is 0 Å². The van der Waals surface area contributed by atoms with Gasteiger partial charge in [0, 0.05) is 56.4 Å². The van der Waals surface area contributed by atoms with E-state index in [-0.39, 0.29) is 0 Å². The van der Waals surface area contributed by atoms with Crippen LogP contribution in [0.5, 0.6) is 0 Å². The van der Waals surface area contributed by atoms with E-state index in [4.69, 9.17) is 8.83 Å². The van der Waals surface area contributed by atoms with Gasteiger partial charge in [0.15, 0.2) is 0 Å². The molecule has 12 aromatic rings. The number of fused-ring (bicyclic) bond motifs is 9. The van der Waals surface area contributed by atoms with Crippen molar-refractivity contribution in [2.45, 2.75) is 0 Å². The molecular formula is C53H32N2O2. The molecule has 0 saturated heterocycles. The Morgan fingerprint density at radius 3 is 1.39 bits per heavy atom. The molecule has 4 nitrogen and oxygen atoms in total. The highest BCUT2D eigenvalue weighted by Crippen LogP contribution is 2.41. The summed E-state index contributed by atoms with van der Waals surface area (Å²) in [6.07, 6.45) is 3.76. The van der Waals surface area contributed by atoms with Gasteiger partial charge in [0.25, 0.3) is 0 Å². The van der Waals surface area contributed by atoms with Crippen molar-refractivity contribution in [3.8, 4) is 22.3 Å². The first kappa shape index (κ1) is 31.6. The lowest BCUT2D eigenvalue weighted by atomic mass is 9.98. The van der Waals surface area contributed by atoms with Gasteiger partial charge in [-0.15, -0.1) is 0 Å². The van der Waals surface area contributed by atoms with E-state index in [1.807, 2.05) is 36.7 Å². The minimum Gasteiger partial charge on any atom is -0.456 e. The van der Waals surface area contributed by atoms with Crippen molar-refractivity contribution in [2.24, 2.45) is 0 Å². The first-order chi connectivity index (χ1) is 28.2. The third-order valence-electron chi connectivity index (χ3n) is 11.5. The topological polar surface area (TPSA) is 42.4 Å². The van der Waals surface area contributed by atoms with Gasteiger partial charge in [0.2, 0.25) is 0 Å². The van der Waals surface area contributed by atoms with Crippen LogP contribution in [0.15, 0.2) is 203 Å². The summed E-state index contributed by atoms with van der Waals surface area (Å²) in [5.41, 5.74) is 11.6. The third-order valence-corrected chi connectivity index (χ3v) is 11.5. The summed E-state index contributed by atoms with van der Waals surface area (Å²) in [5.74, 6) is 0. The van der Waals surface area contributed by atoms with Gasteiger partial charge in [-0.3, -0.25) is 4.98 Å². The maximum atomic E-state index is 6.24. The maximum Gasteiger partial charge on any atom is 0.136 e. The molecule has 0 aliphatic carbocycles. The molecule has 0 spiro atoms. The fraction of sp³-hybridized carbons (Fsp3) is 0. The standard InChI is InChI=1S/C53H32N2O2/c1-3-7-50-46(5-1)48-28-41-26-44(21-17-37(41)30-52(48)56-50)55(45-22-18-38-31-53-49(29-42(38)27-45)47-6-2-4-8-51(47)57-53)43-19-15-34(16-20-43)33-9-11-35(12-10-33)36-13-14-40-32-54-24-23-39(40)25-36/h1-32H. The summed E-state index contributed by atoms with van der Waals surface area (Å²) in [7, 11) is 0. The third kappa shape index (κ3) is 5.26. The highest BCUT2D eigenvalue weighted by atomic mass is 16.3. The van der Waals surface area contributed by atoms with Crippen molar-refractivity contribution >= 4 is 93.3 Å². The number of nitrogens with zero attached hydrogens (tertiary/aromatic N) is 2. The normalized spacial score (nSPS) is 11.9. The second kappa shape index (κ2) is 12.4. The van der Waals surface area contributed by atoms with E-state index in [1.54, 1.807) is 0 Å². The fourth-order valence-corrected chi connectivity index (χ4v) is 8.56. The smallest absolute Gasteiger partial charge is 0.136 e. The van der Waals surface area contributed by atoms with Crippen LogP contribution in [0.2, 0.25) is 0 Å². The molecule has 266 valence electrons. The fourth-order valence-electron chi connectivity index (χ4n) is 8.56. The van der Waals surface area contributed by atoms with Crippen LogP contribution in [0.25, 0.3) is 98.4 Å². The van der Waals surface area contributed by atoms with Crippen molar-refractivity contribution in [3.63, 3.8) is 0 Å². The lowest BCUT2D eigenvalue weighted by Crippen LogP contribution is -2.09. The maximum absolute atomic E-state index is 6.24. The van der Waals surface area contributed by atoms with Gasteiger partial charge >= 0.3 is 0 Å². The first-order valence-electron chi connectivity index (χ1n) is 19.2. The van der Waals surface area contributed by atoms with Crippen LogP contribution in [0, 0.1) is 0 Å². The molecule has 0 N–H and O–H groups in total. The van der Waals surface area contributed by atoms with Crippen molar-refractivity contribution in [3.05, 3.63) is 194 Å². The van der Waals surface area contributed by atoms with Gasteiger partial charge in [-0.2, -0.15) is 0 Å². The number of hydrogen-bond acceptors (Lipinski definition) is 4. The predicted octanol–water partition coefficient (Wildman–Crippen LogP) is 15.1. The largest absolute Gasteiger partial charge is 0.456 e. The van der Waals surface area contributed by atoms with Crippen molar-refractivity contribution in [1.82, 2.24) is 4.98 Å². The lowest BCUT2D eigenvalue weighted by molar-refractivity contribution is 0.669. The zero-order valence-electron chi connectivity index (χ0n) is 30.7. The first-order valence-corrected chi connectivity index (χ1v) is 19.2. The van der Waals surface area contributed by atoms with Crippen LogP contribution >= 0.6 is 0 Å². The summed E-state index contributed by atoms with van der Waals surface area (Å²) in [4.78, 5) is 6.62. The number of furan rings is 2. The Bertz CT molecular complexity index is 3370. The Labute approximate surface area is 327 Å². The number of pyridine rings is 1. The molecule has 0 bridgehead atoms. The van der Waals surface area contributed by atoms with Gasteiger partial charge in [0.1, 0.15) is 22.3 Å². The molecule has 0 saturated carbocycles. The van der Waals surface area contributed by atoms with Crippen LogP contribution in [0.1, 0.15) is 0 Å². The van der Waals surface area contributed by atoms with Gasteiger partial charge < -0.3 is 13.7 Å². The minimum atomic E-state index is 0.902. The molecule has 9 aromatic carbocycles. The molecule has 3 heterocycles. The van der Waals surface area contributed by atoms with Crippen molar-refractivity contribution in [1.29, 1.82) is 0 Å². The molecule has 4 heteroatoms. The van der Waals surface area contributed by atoms with Gasteiger partial charge in [-0.1, -0.05) is 97.1 Å². The Kier molecular flexibility index (Phi) is 6.89. The molecular weight excluding hydrogens is 697 g/mol. The second-order valence-corrected chi connectivity index (χ2v) is 14.9. The number of aromatic nitrogens is 1. The molecule has 0 atom stereocenters. The van der Waals surface area contributed by atoms with Crippen molar-refractivity contribution in [2.75, 3.05) is 4.90 Å². The monoisotopic (exact) mass is 728 g/mol.